The zero-order chi connectivity index (χ0) is 14.5. The van der Waals surface area contributed by atoms with E-state index in [1.165, 1.54) is 11.8 Å². The summed E-state index contributed by atoms with van der Waals surface area (Å²) in [5.41, 5.74) is 0.982. The van der Waals surface area contributed by atoms with Gasteiger partial charge in [-0.05, 0) is 6.92 Å². The molecule has 1 amide bonds. The Labute approximate surface area is 125 Å². The molecule has 0 spiro atoms. The van der Waals surface area contributed by atoms with Gasteiger partial charge in [-0.25, -0.2) is 9.78 Å². The van der Waals surface area contributed by atoms with Gasteiger partial charge in [0.15, 0.2) is 6.10 Å². The fourth-order valence-electron chi connectivity index (χ4n) is 1.83. The first-order valence-electron chi connectivity index (χ1n) is 6.17. The number of morpholine rings is 1. The maximum Gasteiger partial charge on any atom is 0.334 e. The maximum absolute atomic E-state index is 12.0. The van der Waals surface area contributed by atoms with E-state index in [9.17, 15) is 9.59 Å². The third kappa shape index (κ3) is 4.19. The molecule has 2 heterocycles. The third-order valence-electron chi connectivity index (χ3n) is 2.84. The van der Waals surface area contributed by atoms with Crippen LogP contribution in [0.2, 0.25) is 0 Å². The van der Waals surface area contributed by atoms with E-state index in [0.717, 1.165) is 10.7 Å². The molecular weight excluding hydrogens is 300 g/mol. The van der Waals surface area contributed by atoms with Gasteiger partial charge >= 0.3 is 5.97 Å². The number of hydrogen-bond donors (Lipinski definition) is 1. The first-order chi connectivity index (χ1) is 9.56. The topological polar surface area (TPSA) is 79.7 Å². The van der Waals surface area contributed by atoms with Crippen molar-refractivity contribution in [2.75, 3.05) is 25.4 Å². The van der Waals surface area contributed by atoms with Gasteiger partial charge in [0.05, 0.1) is 29.6 Å². The molecule has 1 unspecified atom stereocenters. The van der Waals surface area contributed by atoms with E-state index in [2.05, 4.69) is 4.98 Å². The Morgan fingerprint density at radius 1 is 1.65 bits per heavy atom. The lowest BCUT2D eigenvalue weighted by Gasteiger charge is -2.30. The lowest BCUT2D eigenvalue weighted by atomic mass is 10.3. The van der Waals surface area contributed by atoms with E-state index >= 15 is 0 Å². The molecule has 0 radical (unpaired) electrons. The molecule has 1 N–H and O–H groups in total. The van der Waals surface area contributed by atoms with Crippen molar-refractivity contribution in [3.63, 3.8) is 0 Å². The summed E-state index contributed by atoms with van der Waals surface area (Å²) in [4.78, 5) is 28.7. The van der Waals surface area contributed by atoms with Crippen LogP contribution in [0.15, 0.2) is 5.38 Å². The van der Waals surface area contributed by atoms with Gasteiger partial charge in [0, 0.05) is 17.7 Å². The fourth-order valence-corrected chi connectivity index (χ4v) is 3.37. The lowest BCUT2D eigenvalue weighted by Crippen LogP contribution is -2.49. The van der Waals surface area contributed by atoms with Gasteiger partial charge in [0.1, 0.15) is 0 Å². The van der Waals surface area contributed by atoms with E-state index in [1.54, 1.807) is 16.2 Å². The molecular formula is C12H16N2O4S2. The van der Waals surface area contributed by atoms with Crippen LogP contribution in [0.5, 0.6) is 0 Å². The normalized spacial score (nSPS) is 19.1. The number of ether oxygens (including phenoxy) is 1. The number of aryl methyl sites for hydroxylation is 1. The molecule has 2 rings (SSSR count). The second kappa shape index (κ2) is 7.05. The standard InChI is InChI=1S/C12H16N2O4S2/c1-8-13-9(6-20-8)5-19-7-11(15)14-2-3-18-10(4-14)12(16)17/h6,10H,2-5,7H2,1H3,(H,16,17). The zero-order valence-corrected chi connectivity index (χ0v) is 12.7. The maximum atomic E-state index is 12.0. The van der Waals surface area contributed by atoms with Crippen LogP contribution >= 0.6 is 23.1 Å². The molecule has 20 heavy (non-hydrogen) atoms. The van der Waals surface area contributed by atoms with Crippen molar-refractivity contribution < 1.29 is 19.4 Å². The highest BCUT2D eigenvalue weighted by atomic mass is 32.2. The minimum absolute atomic E-state index is 0.0449. The van der Waals surface area contributed by atoms with Crippen molar-refractivity contribution in [1.29, 1.82) is 0 Å². The molecule has 1 aromatic heterocycles. The van der Waals surface area contributed by atoms with Gasteiger partial charge in [0.25, 0.3) is 0 Å². The van der Waals surface area contributed by atoms with Gasteiger partial charge in [-0.15, -0.1) is 23.1 Å². The number of aliphatic carboxylic acids is 1. The summed E-state index contributed by atoms with van der Waals surface area (Å²) in [6.07, 6.45) is -0.904. The summed E-state index contributed by atoms with van der Waals surface area (Å²) < 4.78 is 5.09. The summed E-state index contributed by atoms with van der Waals surface area (Å²) in [5.74, 6) is -0.0318. The van der Waals surface area contributed by atoms with Crippen molar-refractivity contribution in [2.24, 2.45) is 0 Å². The number of rotatable bonds is 5. The second-order valence-electron chi connectivity index (χ2n) is 4.39. The van der Waals surface area contributed by atoms with E-state index in [-0.39, 0.29) is 19.1 Å². The number of aromatic nitrogens is 1. The Balaban J connectivity index is 1.75. The van der Waals surface area contributed by atoms with E-state index in [1.807, 2.05) is 12.3 Å². The highest BCUT2D eigenvalue weighted by Gasteiger charge is 2.28. The Kier molecular flexibility index (Phi) is 5.38. The van der Waals surface area contributed by atoms with Crippen molar-refractivity contribution in [3.8, 4) is 0 Å². The average Bonchev–Trinajstić information content (AvgIpc) is 2.84. The fraction of sp³-hybridized carbons (Fsp3) is 0.583. The number of hydrogen-bond acceptors (Lipinski definition) is 6. The van der Waals surface area contributed by atoms with Gasteiger partial charge in [0.2, 0.25) is 5.91 Å². The van der Waals surface area contributed by atoms with Crippen molar-refractivity contribution in [3.05, 3.63) is 16.1 Å². The molecule has 8 heteroatoms. The minimum atomic E-state index is -1.02. The van der Waals surface area contributed by atoms with Crippen LogP contribution < -0.4 is 0 Å². The Morgan fingerprint density at radius 2 is 2.45 bits per heavy atom. The summed E-state index contributed by atoms with van der Waals surface area (Å²) in [6.45, 7) is 2.81. The molecule has 1 aromatic rings. The van der Waals surface area contributed by atoms with Gasteiger partial charge < -0.3 is 14.7 Å². The van der Waals surface area contributed by atoms with Gasteiger partial charge in [-0.2, -0.15) is 0 Å². The number of carboxylic acid groups (broad SMARTS) is 1. The number of carboxylic acids is 1. The first-order valence-corrected chi connectivity index (χ1v) is 8.20. The SMILES string of the molecule is Cc1nc(CSCC(=O)N2CCOC(C(=O)O)C2)cs1. The average molecular weight is 316 g/mol. The Bertz CT molecular complexity index is 492. The molecule has 1 aliphatic rings. The molecule has 0 aliphatic carbocycles. The molecule has 1 aliphatic heterocycles. The van der Waals surface area contributed by atoms with Gasteiger partial charge in [-0.1, -0.05) is 0 Å². The quantitative estimate of drug-likeness (QED) is 0.873. The third-order valence-corrected chi connectivity index (χ3v) is 4.61. The number of carbonyl (C=O) groups is 2. The van der Waals surface area contributed by atoms with Crippen LogP contribution in [0.3, 0.4) is 0 Å². The first kappa shape index (κ1) is 15.3. The van der Waals surface area contributed by atoms with Crippen LogP contribution in [-0.2, 0) is 20.1 Å². The summed E-state index contributed by atoms with van der Waals surface area (Å²) in [6, 6.07) is 0. The molecule has 110 valence electrons. The molecule has 0 saturated carbocycles. The summed E-state index contributed by atoms with van der Waals surface area (Å²) in [7, 11) is 0. The predicted molar refractivity (Wildman–Crippen MR) is 77.0 cm³/mol. The number of thiazole rings is 1. The Hall–Kier alpha value is -1.12. The Morgan fingerprint density at radius 3 is 3.10 bits per heavy atom. The molecule has 0 aromatic carbocycles. The molecule has 6 nitrogen and oxygen atoms in total. The smallest absolute Gasteiger partial charge is 0.334 e. The zero-order valence-electron chi connectivity index (χ0n) is 11.1. The number of amides is 1. The number of carbonyl (C=O) groups excluding carboxylic acids is 1. The van der Waals surface area contributed by atoms with Crippen LogP contribution in [0.4, 0.5) is 0 Å². The molecule has 1 saturated heterocycles. The van der Waals surface area contributed by atoms with Crippen molar-refractivity contribution in [1.82, 2.24) is 9.88 Å². The highest BCUT2D eigenvalue weighted by molar-refractivity contribution is 7.99. The summed E-state index contributed by atoms with van der Waals surface area (Å²) >= 11 is 3.09. The number of thioether (sulfide) groups is 1. The second-order valence-corrected chi connectivity index (χ2v) is 6.44. The van der Waals surface area contributed by atoms with Gasteiger partial charge in [-0.3, -0.25) is 4.79 Å². The molecule has 1 fully saturated rings. The largest absolute Gasteiger partial charge is 0.479 e. The minimum Gasteiger partial charge on any atom is -0.479 e. The van der Waals surface area contributed by atoms with E-state index in [0.29, 0.717) is 18.1 Å². The highest BCUT2D eigenvalue weighted by Crippen LogP contribution is 2.16. The summed E-state index contributed by atoms with van der Waals surface area (Å²) in [5, 5.41) is 11.9. The van der Waals surface area contributed by atoms with Crippen LogP contribution in [0, 0.1) is 6.92 Å². The van der Waals surface area contributed by atoms with Crippen LogP contribution in [-0.4, -0.2) is 58.4 Å². The number of nitrogens with zero attached hydrogens (tertiary/aromatic N) is 2. The van der Waals surface area contributed by atoms with Crippen molar-refractivity contribution in [2.45, 2.75) is 18.8 Å². The molecule has 1 atom stereocenters. The van der Waals surface area contributed by atoms with Crippen LogP contribution in [0.25, 0.3) is 0 Å². The van der Waals surface area contributed by atoms with Crippen molar-refractivity contribution >= 4 is 35.0 Å². The van der Waals surface area contributed by atoms with Crippen LogP contribution in [0.1, 0.15) is 10.7 Å². The molecule has 0 bridgehead atoms. The van der Waals surface area contributed by atoms with E-state index in [4.69, 9.17) is 9.84 Å². The predicted octanol–water partition coefficient (Wildman–Crippen LogP) is 0.997. The lowest BCUT2D eigenvalue weighted by molar-refractivity contribution is -0.158. The monoisotopic (exact) mass is 316 g/mol. The van der Waals surface area contributed by atoms with E-state index < -0.39 is 12.1 Å².